The van der Waals surface area contributed by atoms with Crippen LogP contribution in [0.15, 0.2) is 47.4 Å². The number of hydrogen-bond acceptors (Lipinski definition) is 3. The van der Waals surface area contributed by atoms with Crippen molar-refractivity contribution in [3.8, 4) is 0 Å². The van der Waals surface area contributed by atoms with Crippen LogP contribution in [0, 0.1) is 0 Å². The van der Waals surface area contributed by atoms with E-state index in [2.05, 4.69) is 16.1 Å². The summed E-state index contributed by atoms with van der Waals surface area (Å²) < 4.78 is 26.1. The van der Waals surface area contributed by atoms with Gasteiger partial charge in [0, 0.05) is 0 Å². The van der Waals surface area contributed by atoms with E-state index in [1.165, 1.54) is 30.8 Å². The molecule has 0 aliphatic heterocycles. The topological polar surface area (TPSA) is 75.3 Å². The first-order valence-electron chi connectivity index (χ1n) is 8.04. The molecule has 2 aromatic rings. The molecule has 5 nitrogen and oxygen atoms in total. The lowest BCUT2D eigenvalue weighted by atomic mass is 9.87. The van der Waals surface area contributed by atoms with Crippen LogP contribution in [0.3, 0.4) is 0 Å². The summed E-state index contributed by atoms with van der Waals surface area (Å²) in [6.45, 7) is 0. The molecule has 1 atom stereocenters. The molecule has 0 saturated carbocycles. The lowest BCUT2D eigenvalue weighted by Crippen LogP contribution is -2.31. The van der Waals surface area contributed by atoms with Crippen LogP contribution in [0.4, 0.5) is 0 Å². The van der Waals surface area contributed by atoms with E-state index in [0.29, 0.717) is 0 Å². The minimum Gasteiger partial charge on any atom is -0.345 e. The number of rotatable bonds is 4. The van der Waals surface area contributed by atoms with E-state index in [0.717, 1.165) is 24.8 Å². The van der Waals surface area contributed by atoms with Gasteiger partial charge in [-0.2, -0.15) is 0 Å². The summed E-state index contributed by atoms with van der Waals surface area (Å²) in [5.41, 5.74) is 2.50. The summed E-state index contributed by atoms with van der Waals surface area (Å²) in [7, 11) is -2.32. The Morgan fingerprint density at radius 2 is 1.96 bits per heavy atom. The minimum absolute atomic E-state index is 0.00796. The van der Waals surface area contributed by atoms with Gasteiger partial charge in [0.15, 0.2) is 0 Å². The van der Waals surface area contributed by atoms with Crippen LogP contribution >= 0.6 is 11.6 Å². The molecule has 0 aromatic heterocycles. The number of amides is 1. The molecule has 1 aliphatic rings. The summed E-state index contributed by atoms with van der Waals surface area (Å²) >= 11 is 6.13. The first-order valence-corrected chi connectivity index (χ1v) is 9.90. The van der Waals surface area contributed by atoms with Crippen molar-refractivity contribution in [3.05, 3.63) is 64.2 Å². The molecule has 132 valence electrons. The molecule has 3 rings (SSSR count). The third-order valence-corrected chi connectivity index (χ3v) is 6.18. The number of carbonyl (C=O) groups is 1. The van der Waals surface area contributed by atoms with Crippen molar-refractivity contribution in [2.45, 2.75) is 30.2 Å². The van der Waals surface area contributed by atoms with Crippen LogP contribution < -0.4 is 10.0 Å². The fourth-order valence-electron chi connectivity index (χ4n) is 3.10. The Labute approximate surface area is 152 Å². The molecule has 0 unspecified atom stereocenters. The second-order valence-electron chi connectivity index (χ2n) is 5.97. The van der Waals surface area contributed by atoms with Gasteiger partial charge in [-0.1, -0.05) is 35.9 Å². The average molecular weight is 379 g/mol. The maximum Gasteiger partial charge on any atom is 0.253 e. The van der Waals surface area contributed by atoms with Crippen LogP contribution in [0.5, 0.6) is 0 Å². The van der Waals surface area contributed by atoms with Gasteiger partial charge in [-0.25, -0.2) is 13.1 Å². The van der Waals surface area contributed by atoms with Gasteiger partial charge in [-0.3, -0.25) is 4.79 Å². The molecule has 2 N–H and O–H groups in total. The molecular weight excluding hydrogens is 360 g/mol. The molecular formula is C18H19ClN2O3S. The molecule has 2 aromatic carbocycles. The zero-order valence-corrected chi connectivity index (χ0v) is 15.3. The van der Waals surface area contributed by atoms with E-state index < -0.39 is 10.0 Å². The van der Waals surface area contributed by atoms with E-state index in [4.69, 9.17) is 11.6 Å². The number of aryl methyl sites for hydroxylation is 1. The van der Waals surface area contributed by atoms with E-state index in [-0.39, 0.29) is 27.4 Å². The zero-order valence-electron chi connectivity index (χ0n) is 13.8. The Kier molecular flexibility index (Phi) is 5.13. The van der Waals surface area contributed by atoms with Crippen molar-refractivity contribution in [3.63, 3.8) is 0 Å². The molecule has 0 heterocycles. The Morgan fingerprint density at radius 3 is 2.72 bits per heavy atom. The van der Waals surface area contributed by atoms with Gasteiger partial charge in [0.2, 0.25) is 10.0 Å². The summed E-state index contributed by atoms with van der Waals surface area (Å²) in [6.07, 6.45) is 2.83. The molecule has 0 bridgehead atoms. The normalized spacial score (nSPS) is 17.0. The summed E-state index contributed by atoms with van der Waals surface area (Å²) in [5, 5.41) is 3.21. The van der Waals surface area contributed by atoms with Crippen LogP contribution in [0.2, 0.25) is 5.02 Å². The predicted octanol–water partition coefficient (Wildman–Crippen LogP) is 3.06. The van der Waals surface area contributed by atoms with Gasteiger partial charge in [0.1, 0.15) is 0 Å². The number of hydrogen-bond donors (Lipinski definition) is 2. The SMILES string of the molecule is CNS(=O)(=O)c1ccc(Cl)c(C(=O)N[C@H]2CCCc3ccccc32)c1. The highest BCUT2D eigenvalue weighted by molar-refractivity contribution is 7.89. The fraction of sp³-hybridized carbons (Fsp3) is 0.278. The number of nitrogens with one attached hydrogen (secondary N) is 2. The molecule has 0 fully saturated rings. The Balaban J connectivity index is 1.89. The van der Waals surface area contributed by atoms with Gasteiger partial charge < -0.3 is 5.32 Å². The van der Waals surface area contributed by atoms with Crippen LogP contribution in [0.1, 0.15) is 40.4 Å². The molecule has 7 heteroatoms. The smallest absolute Gasteiger partial charge is 0.253 e. The van der Waals surface area contributed by atoms with Crippen molar-refractivity contribution in [2.24, 2.45) is 0 Å². The molecule has 0 saturated heterocycles. The summed E-state index contributed by atoms with van der Waals surface area (Å²) in [4.78, 5) is 12.7. The number of benzene rings is 2. The van der Waals surface area contributed by atoms with Gasteiger partial charge in [0.25, 0.3) is 5.91 Å². The van der Waals surface area contributed by atoms with E-state index >= 15 is 0 Å². The predicted molar refractivity (Wildman–Crippen MR) is 97.3 cm³/mol. The van der Waals surface area contributed by atoms with Crippen LogP contribution in [-0.4, -0.2) is 21.4 Å². The monoisotopic (exact) mass is 378 g/mol. The number of sulfonamides is 1. The highest BCUT2D eigenvalue weighted by atomic mass is 35.5. The lowest BCUT2D eigenvalue weighted by Gasteiger charge is -2.26. The molecule has 1 amide bonds. The van der Waals surface area contributed by atoms with Crippen molar-refractivity contribution in [1.82, 2.24) is 10.0 Å². The zero-order chi connectivity index (χ0) is 18.0. The maximum absolute atomic E-state index is 12.7. The van der Waals surface area contributed by atoms with Crippen molar-refractivity contribution >= 4 is 27.5 Å². The van der Waals surface area contributed by atoms with Crippen LogP contribution in [-0.2, 0) is 16.4 Å². The van der Waals surface area contributed by atoms with Gasteiger partial charge >= 0.3 is 0 Å². The first-order chi connectivity index (χ1) is 11.9. The largest absolute Gasteiger partial charge is 0.345 e. The molecule has 0 radical (unpaired) electrons. The van der Waals surface area contributed by atoms with E-state index in [1.807, 2.05) is 18.2 Å². The fourth-order valence-corrected chi connectivity index (χ4v) is 4.06. The number of carbonyl (C=O) groups excluding carboxylic acids is 1. The second-order valence-corrected chi connectivity index (χ2v) is 8.26. The van der Waals surface area contributed by atoms with Crippen molar-refractivity contribution < 1.29 is 13.2 Å². The molecule has 25 heavy (non-hydrogen) atoms. The second kappa shape index (κ2) is 7.15. The van der Waals surface area contributed by atoms with E-state index in [1.54, 1.807) is 0 Å². The Bertz CT molecular complexity index is 912. The van der Waals surface area contributed by atoms with Crippen LogP contribution in [0.25, 0.3) is 0 Å². The maximum atomic E-state index is 12.7. The molecule has 1 aliphatic carbocycles. The highest BCUT2D eigenvalue weighted by Gasteiger charge is 2.24. The lowest BCUT2D eigenvalue weighted by molar-refractivity contribution is 0.0932. The average Bonchev–Trinajstić information content (AvgIpc) is 2.62. The van der Waals surface area contributed by atoms with Gasteiger partial charge in [-0.05, 0) is 55.6 Å². The highest BCUT2D eigenvalue weighted by Crippen LogP contribution is 2.30. The van der Waals surface area contributed by atoms with Crippen molar-refractivity contribution in [1.29, 1.82) is 0 Å². The minimum atomic E-state index is -3.64. The Hall–Kier alpha value is -1.89. The third-order valence-electron chi connectivity index (χ3n) is 4.44. The summed E-state index contributed by atoms with van der Waals surface area (Å²) in [6, 6.07) is 12.0. The van der Waals surface area contributed by atoms with Crippen molar-refractivity contribution in [2.75, 3.05) is 7.05 Å². The van der Waals surface area contributed by atoms with Gasteiger partial charge in [-0.15, -0.1) is 0 Å². The van der Waals surface area contributed by atoms with E-state index in [9.17, 15) is 13.2 Å². The third kappa shape index (κ3) is 3.71. The Morgan fingerprint density at radius 1 is 1.20 bits per heavy atom. The van der Waals surface area contributed by atoms with Gasteiger partial charge in [0.05, 0.1) is 21.5 Å². The number of halogens is 1. The number of fused-ring (bicyclic) bond motifs is 1. The molecule has 0 spiro atoms. The standard InChI is InChI=1S/C18H19ClN2O3S/c1-20-25(23,24)13-9-10-16(19)15(11-13)18(22)21-17-8-4-6-12-5-2-3-7-14(12)17/h2-3,5,7,9-11,17,20H,4,6,8H2,1H3,(H,21,22)/t17-/m0/s1. The first kappa shape index (κ1) is 17.9. The summed E-state index contributed by atoms with van der Waals surface area (Å²) in [5.74, 6) is -0.375. The quantitative estimate of drug-likeness (QED) is 0.858.